The van der Waals surface area contributed by atoms with E-state index in [1.807, 2.05) is 30.3 Å². The number of hydrogen-bond acceptors (Lipinski definition) is 4. The zero-order valence-corrected chi connectivity index (χ0v) is 18.4. The number of thioether (sulfide) groups is 1. The molecule has 0 fully saturated rings. The molecule has 0 unspecified atom stereocenters. The van der Waals surface area contributed by atoms with Gasteiger partial charge in [0.25, 0.3) is 0 Å². The lowest BCUT2D eigenvalue weighted by Crippen LogP contribution is -2.06. The van der Waals surface area contributed by atoms with Gasteiger partial charge in [0.05, 0.1) is 22.3 Å². The number of nitrogens with zero attached hydrogens (tertiary/aromatic N) is 1. The highest BCUT2D eigenvalue weighted by molar-refractivity contribution is 7.98. The lowest BCUT2D eigenvalue weighted by atomic mass is 10.2. The number of benzene rings is 2. The van der Waals surface area contributed by atoms with Crippen LogP contribution in [0.2, 0.25) is 10.0 Å². The number of ether oxygens (including phenoxy) is 1. The molecule has 3 aromatic rings. The molecule has 0 bridgehead atoms. The monoisotopic (exact) mass is 458 g/mol. The Bertz CT molecular complexity index is 1020. The van der Waals surface area contributed by atoms with Crippen LogP contribution in [-0.2, 0) is 17.0 Å². The topological polar surface area (TPSA) is 65.2 Å². The third-order valence-electron chi connectivity index (χ3n) is 4.12. The largest absolute Gasteiger partial charge is 0.491 e. The van der Waals surface area contributed by atoms with Gasteiger partial charge in [0, 0.05) is 23.1 Å². The molecule has 1 aromatic heterocycles. The smallest absolute Gasteiger partial charge is 0.241 e. The molecule has 0 atom stereocenters. The van der Waals surface area contributed by atoms with Gasteiger partial charge in [0.1, 0.15) is 11.4 Å². The molecule has 0 saturated carbocycles. The van der Waals surface area contributed by atoms with Crippen molar-refractivity contribution in [2.24, 2.45) is 5.73 Å². The molecule has 0 aliphatic heterocycles. The van der Waals surface area contributed by atoms with Crippen molar-refractivity contribution >= 4 is 46.9 Å². The number of halogens is 2. The minimum atomic E-state index is -0.547. The van der Waals surface area contributed by atoms with Gasteiger partial charge < -0.3 is 10.5 Å². The Labute approximate surface area is 190 Å². The van der Waals surface area contributed by atoms with E-state index in [4.69, 9.17) is 33.7 Å². The fourth-order valence-electron chi connectivity index (χ4n) is 2.68. The minimum Gasteiger partial charge on any atom is -0.491 e. The molecule has 154 valence electrons. The number of primary amides is 1. The second-order valence-electron chi connectivity index (χ2n) is 6.35. The van der Waals surface area contributed by atoms with E-state index in [2.05, 4.69) is 17.1 Å². The van der Waals surface area contributed by atoms with Crippen molar-refractivity contribution in [3.05, 3.63) is 93.7 Å². The molecule has 0 radical (unpaired) electrons. The van der Waals surface area contributed by atoms with Crippen molar-refractivity contribution in [1.82, 2.24) is 4.98 Å². The van der Waals surface area contributed by atoms with Crippen molar-refractivity contribution in [1.29, 1.82) is 0 Å². The normalized spacial score (nSPS) is 11.0. The first-order valence-electron chi connectivity index (χ1n) is 9.24. The van der Waals surface area contributed by atoms with E-state index in [0.29, 0.717) is 33.8 Å². The first-order chi connectivity index (χ1) is 14.5. The highest BCUT2D eigenvalue weighted by Gasteiger charge is 2.10. The summed E-state index contributed by atoms with van der Waals surface area (Å²) in [6.45, 7) is 0.492. The van der Waals surface area contributed by atoms with Crippen LogP contribution in [0.1, 0.15) is 17.0 Å². The van der Waals surface area contributed by atoms with Crippen LogP contribution in [0.3, 0.4) is 0 Å². The Morgan fingerprint density at radius 3 is 2.47 bits per heavy atom. The first kappa shape index (κ1) is 22.2. The number of hydrogen-bond donors (Lipinski definition) is 1. The zero-order valence-electron chi connectivity index (χ0n) is 16.1. The molecule has 1 amide bonds. The van der Waals surface area contributed by atoms with Crippen LogP contribution in [0.15, 0.2) is 71.6 Å². The van der Waals surface area contributed by atoms with E-state index in [-0.39, 0.29) is 0 Å². The van der Waals surface area contributed by atoms with E-state index < -0.39 is 5.91 Å². The van der Waals surface area contributed by atoms with Crippen molar-refractivity contribution < 1.29 is 9.53 Å². The zero-order chi connectivity index (χ0) is 21.3. The maximum atomic E-state index is 11.2. The standard InChI is InChI=1S/C23H20Cl2N2O2S/c24-18-7-4-8-19(25)23(18)30-15-17-9-11-21(20(27-17)10-12-22(26)28)29-14-13-16-5-2-1-3-6-16/h1-12H,13-15H2,(H2,26,28). The molecule has 2 aromatic carbocycles. The summed E-state index contributed by atoms with van der Waals surface area (Å²) in [6, 6.07) is 19.2. The molecule has 30 heavy (non-hydrogen) atoms. The van der Waals surface area contributed by atoms with Crippen LogP contribution in [0.25, 0.3) is 6.08 Å². The second kappa shape index (κ2) is 11.1. The van der Waals surface area contributed by atoms with Gasteiger partial charge in [-0.25, -0.2) is 4.98 Å². The molecular formula is C23H20Cl2N2O2S. The number of rotatable bonds is 9. The summed E-state index contributed by atoms with van der Waals surface area (Å²) in [6.07, 6.45) is 3.60. The van der Waals surface area contributed by atoms with Gasteiger partial charge in [0.2, 0.25) is 5.91 Å². The molecule has 0 aliphatic rings. The van der Waals surface area contributed by atoms with Crippen LogP contribution in [-0.4, -0.2) is 17.5 Å². The molecular weight excluding hydrogens is 439 g/mol. The number of carbonyl (C=O) groups is 1. The van der Waals surface area contributed by atoms with E-state index in [1.54, 1.807) is 24.3 Å². The third kappa shape index (κ3) is 6.52. The predicted octanol–water partition coefficient (Wildman–Crippen LogP) is 5.80. The third-order valence-corrected chi connectivity index (χ3v) is 6.15. The molecule has 7 heteroatoms. The number of nitrogens with two attached hydrogens (primary N) is 1. The van der Waals surface area contributed by atoms with E-state index in [0.717, 1.165) is 17.0 Å². The maximum absolute atomic E-state index is 11.2. The van der Waals surface area contributed by atoms with Crippen molar-refractivity contribution in [3.8, 4) is 5.75 Å². The van der Waals surface area contributed by atoms with E-state index in [9.17, 15) is 4.79 Å². The summed E-state index contributed by atoms with van der Waals surface area (Å²) < 4.78 is 5.91. The number of pyridine rings is 1. The van der Waals surface area contributed by atoms with E-state index >= 15 is 0 Å². The molecule has 0 spiro atoms. The quantitative estimate of drug-likeness (QED) is 0.325. The fraction of sp³-hybridized carbons (Fsp3) is 0.130. The molecule has 2 N–H and O–H groups in total. The van der Waals surface area contributed by atoms with Crippen LogP contribution in [0.4, 0.5) is 0 Å². The average molecular weight is 459 g/mol. The summed E-state index contributed by atoms with van der Waals surface area (Å²) in [7, 11) is 0. The molecule has 3 rings (SSSR count). The van der Waals surface area contributed by atoms with Crippen LogP contribution >= 0.6 is 35.0 Å². The second-order valence-corrected chi connectivity index (χ2v) is 8.15. The van der Waals surface area contributed by atoms with Gasteiger partial charge in [0.15, 0.2) is 0 Å². The van der Waals surface area contributed by atoms with Gasteiger partial charge in [-0.2, -0.15) is 0 Å². The van der Waals surface area contributed by atoms with Crippen LogP contribution < -0.4 is 10.5 Å². The highest BCUT2D eigenvalue weighted by Crippen LogP contribution is 2.35. The van der Waals surface area contributed by atoms with Gasteiger partial charge >= 0.3 is 0 Å². The molecule has 4 nitrogen and oxygen atoms in total. The maximum Gasteiger partial charge on any atom is 0.241 e. The van der Waals surface area contributed by atoms with Crippen molar-refractivity contribution in [3.63, 3.8) is 0 Å². The summed E-state index contributed by atoms with van der Waals surface area (Å²) >= 11 is 14.0. The highest BCUT2D eigenvalue weighted by atomic mass is 35.5. The SMILES string of the molecule is NC(=O)C=Cc1nc(CSc2c(Cl)cccc2Cl)ccc1OCCc1ccccc1. The number of carbonyl (C=O) groups excluding carboxylic acids is 1. The van der Waals surface area contributed by atoms with Crippen LogP contribution in [0.5, 0.6) is 5.75 Å². The lowest BCUT2D eigenvalue weighted by Gasteiger charge is -2.11. The number of aromatic nitrogens is 1. The summed E-state index contributed by atoms with van der Waals surface area (Å²) in [5, 5.41) is 1.20. The van der Waals surface area contributed by atoms with Gasteiger partial charge in [-0.05, 0) is 35.9 Å². The minimum absolute atomic E-state index is 0.492. The average Bonchev–Trinajstić information content (AvgIpc) is 2.73. The lowest BCUT2D eigenvalue weighted by molar-refractivity contribution is -0.113. The Morgan fingerprint density at radius 1 is 1.03 bits per heavy atom. The molecule has 0 saturated heterocycles. The number of amides is 1. The molecule has 1 heterocycles. The fourth-order valence-corrected chi connectivity index (χ4v) is 4.27. The summed E-state index contributed by atoms with van der Waals surface area (Å²) in [4.78, 5) is 16.6. The molecule has 0 aliphatic carbocycles. The first-order valence-corrected chi connectivity index (χ1v) is 11.0. The van der Waals surface area contributed by atoms with Gasteiger partial charge in [-0.3, -0.25) is 4.79 Å². The van der Waals surface area contributed by atoms with Crippen molar-refractivity contribution in [2.75, 3.05) is 6.61 Å². The Balaban J connectivity index is 1.72. The Morgan fingerprint density at radius 2 is 1.77 bits per heavy atom. The summed E-state index contributed by atoms with van der Waals surface area (Å²) in [5.41, 5.74) is 7.78. The van der Waals surface area contributed by atoms with Crippen molar-refractivity contribution in [2.45, 2.75) is 17.1 Å². The van der Waals surface area contributed by atoms with E-state index in [1.165, 1.54) is 23.4 Å². The Kier molecular flexibility index (Phi) is 8.20. The summed E-state index contributed by atoms with van der Waals surface area (Å²) in [5.74, 6) is 0.605. The Hall–Kier alpha value is -2.47. The van der Waals surface area contributed by atoms with Gasteiger partial charge in [-0.15, -0.1) is 11.8 Å². The predicted molar refractivity (Wildman–Crippen MR) is 124 cm³/mol. The van der Waals surface area contributed by atoms with Gasteiger partial charge in [-0.1, -0.05) is 59.6 Å². The van der Waals surface area contributed by atoms with Crippen LogP contribution in [0, 0.1) is 0 Å².